The number of aliphatic imine (C=N–C) groups is 1. The van der Waals surface area contributed by atoms with Crippen molar-refractivity contribution in [3.63, 3.8) is 0 Å². The lowest BCUT2D eigenvalue weighted by molar-refractivity contribution is 0.788. The average Bonchev–Trinajstić information content (AvgIpc) is 3.17. The fourth-order valence-corrected chi connectivity index (χ4v) is 3.20. The number of hydrogen-bond donors (Lipinski definition) is 2. The summed E-state index contributed by atoms with van der Waals surface area (Å²) in [5, 5.41) is 9.72. The van der Waals surface area contributed by atoms with Gasteiger partial charge < -0.3 is 10.6 Å². The van der Waals surface area contributed by atoms with E-state index in [0.29, 0.717) is 6.54 Å². The summed E-state index contributed by atoms with van der Waals surface area (Å²) in [5.74, 6) is 0.805. The first-order valence-electron chi connectivity index (χ1n) is 8.77. The number of aromatic nitrogens is 2. The van der Waals surface area contributed by atoms with Crippen LogP contribution < -0.4 is 10.6 Å². The minimum Gasteiger partial charge on any atom is -0.357 e. The quantitative estimate of drug-likeness (QED) is 0.295. The van der Waals surface area contributed by atoms with E-state index in [4.69, 9.17) is 0 Å². The van der Waals surface area contributed by atoms with Crippen LogP contribution in [0.2, 0.25) is 0 Å². The number of nitrogens with zero attached hydrogens (tertiary/aromatic N) is 3. The van der Waals surface area contributed by atoms with E-state index in [1.54, 1.807) is 11.3 Å². The third-order valence-corrected chi connectivity index (χ3v) is 4.57. The van der Waals surface area contributed by atoms with Crippen molar-refractivity contribution in [2.24, 2.45) is 4.99 Å². The number of pyridine rings is 1. The van der Waals surface area contributed by atoms with Crippen LogP contribution >= 0.6 is 35.3 Å². The predicted molar refractivity (Wildman–Crippen MR) is 124 cm³/mol. The van der Waals surface area contributed by atoms with Gasteiger partial charge >= 0.3 is 0 Å². The summed E-state index contributed by atoms with van der Waals surface area (Å²) in [7, 11) is 0. The van der Waals surface area contributed by atoms with E-state index in [1.165, 1.54) is 0 Å². The third kappa shape index (κ3) is 6.91. The lowest BCUT2D eigenvalue weighted by Crippen LogP contribution is -2.38. The summed E-state index contributed by atoms with van der Waals surface area (Å²) in [5.41, 5.74) is 3.22. The molecular formula is C20H24IN5S. The molecule has 0 saturated heterocycles. The molecule has 0 saturated carbocycles. The Balaban J connectivity index is 0.00000261. The van der Waals surface area contributed by atoms with Gasteiger partial charge in [-0.05, 0) is 19.1 Å². The van der Waals surface area contributed by atoms with Gasteiger partial charge in [-0.25, -0.2) is 9.98 Å². The molecule has 27 heavy (non-hydrogen) atoms. The Morgan fingerprint density at radius 2 is 1.89 bits per heavy atom. The molecule has 0 aliphatic carbocycles. The fraction of sp³-hybridized carbons (Fsp3) is 0.250. The summed E-state index contributed by atoms with van der Waals surface area (Å²) < 4.78 is 0. The Morgan fingerprint density at radius 1 is 1.07 bits per heavy atom. The van der Waals surface area contributed by atoms with Crippen LogP contribution in [0.25, 0.3) is 11.3 Å². The Morgan fingerprint density at radius 3 is 2.63 bits per heavy atom. The van der Waals surface area contributed by atoms with E-state index in [1.807, 2.05) is 42.6 Å². The second-order valence-electron chi connectivity index (χ2n) is 5.69. The zero-order valence-electron chi connectivity index (χ0n) is 15.3. The zero-order valence-corrected chi connectivity index (χ0v) is 18.4. The van der Waals surface area contributed by atoms with Crippen molar-refractivity contribution >= 4 is 41.3 Å². The van der Waals surface area contributed by atoms with Crippen LogP contribution in [0.3, 0.4) is 0 Å². The number of guanidine groups is 1. The van der Waals surface area contributed by atoms with E-state index in [-0.39, 0.29) is 24.0 Å². The highest BCUT2D eigenvalue weighted by molar-refractivity contribution is 14.0. The van der Waals surface area contributed by atoms with Gasteiger partial charge in [0.25, 0.3) is 0 Å². The van der Waals surface area contributed by atoms with Gasteiger partial charge in [0.05, 0.1) is 12.2 Å². The smallest absolute Gasteiger partial charge is 0.191 e. The molecule has 0 aliphatic rings. The number of thiazole rings is 1. The number of rotatable bonds is 7. The van der Waals surface area contributed by atoms with E-state index in [0.717, 1.165) is 47.4 Å². The number of halogens is 1. The molecule has 1 aromatic carbocycles. The lowest BCUT2D eigenvalue weighted by Gasteiger charge is -2.10. The standard InChI is InChI=1S/C20H23N5S.HI/c1-2-21-20(23-13-11-17-10-6-7-12-22-17)24-14-19-25-18(15-26-19)16-8-4-3-5-9-16;/h3-10,12,15H,2,11,13-14H2,1H3,(H2,21,23,24);1H. The second-order valence-corrected chi connectivity index (χ2v) is 6.63. The molecule has 0 amide bonds. The number of benzene rings is 1. The molecule has 0 spiro atoms. The molecule has 0 unspecified atom stereocenters. The molecule has 3 rings (SSSR count). The molecule has 0 fully saturated rings. The molecule has 2 heterocycles. The van der Waals surface area contributed by atoms with Gasteiger partial charge in [0, 0.05) is 42.3 Å². The molecule has 2 N–H and O–H groups in total. The summed E-state index contributed by atoms with van der Waals surface area (Å²) >= 11 is 1.64. The van der Waals surface area contributed by atoms with Crippen molar-refractivity contribution in [2.75, 3.05) is 13.1 Å². The monoisotopic (exact) mass is 493 g/mol. The van der Waals surface area contributed by atoms with E-state index in [2.05, 4.69) is 50.0 Å². The minimum absolute atomic E-state index is 0. The highest BCUT2D eigenvalue weighted by atomic mass is 127. The summed E-state index contributed by atoms with van der Waals surface area (Å²) in [4.78, 5) is 13.7. The molecule has 3 aromatic rings. The van der Waals surface area contributed by atoms with Crippen LogP contribution in [0.1, 0.15) is 17.6 Å². The van der Waals surface area contributed by atoms with Crippen molar-refractivity contribution < 1.29 is 0 Å². The normalized spacial score (nSPS) is 10.9. The van der Waals surface area contributed by atoms with Gasteiger partial charge in [-0.3, -0.25) is 4.98 Å². The van der Waals surface area contributed by atoms with Crippen LogP contribution in [0, 0.1) is 0 Å². The van der Waals surface area contributed by atoms with Crippen molar-refractivity contribution in [3.8, 4) is 11.3 Å². The largest absolute Gasteiger partial charge is 0.357 e. The molecule has 7 heteroatoms. The molecule has 142 valence electrons. The van der Waals surface area contributed by atoms with E-state index in [9.17, 15) is 0 Å². The number of hydrogen-bond acceptors (Lipinski definition) is 4. The SMILES string of the molecule is CCNC(=NCc1nc(-c2ccccc2)cs1)NCCc1ccccn1.I. The Bertz CT molecular complexity index is 821. The first-order valence-corrected chi connectivity index (χ1v) is 9.65. The fourth-order valence-electron chi connectivity index (χ4n) is 2.47. The summed E-state index contributed by atoms with van der Waals surface area (Å²) in [6, 6.07) is 16.2. The topological polar surface area (TPSA) is 62.2 Å². The Hall–Kier alpha value is -2.00. The van der Waals surface area contributed by atoms with Gasteiger partial charge in [0.1, 0.15) is 5.01 Å². The van der Waals surface area contributed by atoms with Crippen molar-refractivity contribution in [2.45, 2.75) is 19.9 Å². The molecular weight excluding hydrogens is 469 g/mol. The van der Waals surface area contributed by atoms with Gasteiger partial charge in [-0.2, -0.15) is 0 Å². The molecule has 0 bridgehead atoms. The van der Waals surface area contributed by atoms with Gasteiger partial charge in [-0.1, -0.05) is 36.4 Å². The Labute approximate surface area is 181 Å². The predicted octanol–water partition coefficient (Wildman–Crippen LogP) is 4.12. The van der Waals surface area contributed by atoms with Crippen molar-refractivity contribution in [1.29, 1.82) is 0 Å². The second kappa shape index (κ2) is 11.7. The number of nitrogens with one attached hydrogen (secondary N) is 2. The van der Waals surface area contributed by atoms with Crippen LogP contribution in [0.5, 0.6) is 0 Å². The average molecular weight is 493 g/mol. The van der Waals surface area contributed by atoms with E-state index >= 15 is 0 Å². The van der Waals surface area contributed by atoms with Crippen LogP contribution in [0.4, 0.5) is 0 Å². The van der Waals surface area contributed by atoms with Crippen LogP contribution in [-0.4, -0.2) is 29.0 Å². The molecule has 5 nitrogen and oxygen atoms in total. The van der Waals surface area contributed by atoms with Gasteiger partial charge in [-0.15, -0.1) is 35.3 Å². The maximum atomic E-state index is 4.69. The first kappa shape index (κ1) is 21.3. The lowest BCUT2D eigenvalue weighted by atomic mass is 10.2. The first-order chi connectivity index (χ1) is 12.8. The maximum absolute atomic E-state index is 4.69. The van der Waals surface area contributed by atoms with Crippen molar-refractivity contribution in [1.82, 2.24) is 20.6 Å². The van der Waals surface area contributed by atoms with Crippen molar-refractivity contribution in [3.05, 3.63) is 70.8 Å². The van der Waals surface area contributed by atoms with Gasteiger partial charge in [0.2, 0.25) is 0 Å². The molecule has 0 aliphatic heterocycles. The van der Waals surface area contributed by atoms with E-state index < -0.39 is 0 Å². The third-order valence-electron chi connectivity index (χ3n) is 3.74. The molecule has 2 aromatic heterocycles. The summed E-state index contributed by atoms with van der Waals surface area (Å²) in [6.07, 6.45) is 2.68. The van der Waals surface area contributed by atoms with Crippen LogP contribution in [-0.2, 0) is 13.0 Å². The molecule has 0 atom stereocenters. The minimum atomic E-state index is 0. The van der Waals surface area contributed by atoms with Gasteiger partial charge in [0.15, 0.2) is 5.96 Å². The highest BCUT2D eigenvalue weighted by Gasteiger charge is 2.04. The Kier molecular flexibility index (Phi) is 9.20. The maximum Gasteiger partial charge on any atom is 0.191 e. The highest BCUT2D eigenvalue weighted by Crippen LogP contribution is 2.21. The zero-order chi connectivity index (χ0) is 18.0. The van der Waals surface area contributed by atoms with Crippen LogP contribution in [0.15, 0.2) is 65.1 Å². The molecule has 0 radical (unpaired) electrons. The summed E-state index contributed by atoms with van der Waals surface area (Å²) in [6.45, 7) is 4.24.